The highest BCUT2D eigenvalue weighted by molar-refractivity contribution is 5.93. The van der Waals surface area contributed by atoms with Crippen molar-refractivity contribution in [1.29, 1.82) is 0 Å². The van der Waals surface area contributed by atoms with Crippen molar-refractivity contribution in [3.63, 3.8) is 0 Å². The summed E-state index contributed by atoms with van der Waals surface area (Å²) >= 11 is 0. The number of hydrogen-bond donors (Lipinski definition) is 0. The molecule has 1 rings (SSSR count). The van der Waals surface area contributed by atoms with E-state index in [1.807, 2.05) is 0 Å². The lowest BCUT2D eigenvalue weighted by atomic mass is 10.2. The molecule has 0 N–H and O–H groups in total. The molecule has 0 radical (unpaired) electrons. The number of benzene rings is 1. The molecule has 0 spiro atoms. The second kappa shape index (κ2) is 5.65. The number of ether oxygens (including phenoxy) is 2. The molecule has 5 heteroatoms. The highest BCUT2D eigenvalue weighted by Gasteiger charge is 2.14. The van der Waals surface area contributed by atoms with Gasteiger partial charge in [-0.25, -0.2) is 4.79 Å². The van der Waals surface area contributed by atoms with E-state index in [9.17, 15) is 14.4 Å². The van der Waals surface area contributed by atoms with Crippen molar-refractivity contribution in [2.24, 2.45) is 0 Å². The van der Waals surface area contributed by atoms with Gasteiger partial charge in [0, 0.05) is 6.92 Å². The quantitative estimate of drug-likeness (QED) is 0.431. The van der Waals surface area contributed by atoms with E-state index in [4.69, 9.17) is 4.74 Å². The first-order valence-corrected chi connectivity index (χ1v) is 4.53. The number of aldehydes is 1. The molecule has 0 atom stereocenters. The van der Waals surface area contributed by atoms with Crippen LogP contribution in [0.15, 0.2) is 24.3 Å². The van der Waals surface area contributed by atoms with E-state index < -0.39 is 11.9 Å². The van der Waals surface area contributed by atoms with Gasteiger partial charge in [0.25, 0.3) is 0 Å². The average Bonchev–Trinajstić information content (AvgIpc) is 2.26. The number of carbonyl (C=O) groups excluding carboxylic acids is 3. The summed E-state index contributed by atoms with van der Waals surface area (Å²) < 4.78 is 9.42. The van der Waals surface area contributed by atoms with E-state index in [1.54, 1.807) is 12.1 Å². The van der Waals surface area contributed by atoms with E-state index in [0.717, 1.165) is 0 Å². The fraction of sp³-hybridized carbons (Fsp3) is 0.182. The van der Waals surface area contributed by atoms with Gasteiger partial charge in [-0.2, -0.15) is 0 Å². The van der Waals surface area contributed by atoms with Crippen LogP contribution >= 0.6 is 0 Å². The van der Waals surface area contributed by atoms with E-state index >= 15 is 0 Å². The van der Waals surface area contributed by atoms with E-state index in [0.29, 0.717) is 6.29 Å². The third-order valence-electron chi connectivity index (χ3n) is 1.64. The van der Waals surface area contributed by atoms with Crippen LogP contribution in [-0.2, 0) is 14.3 Å². The van der Waals surface area contributed by atoms with Crippen LogP contribution in [-0.4, -0.2) is 24.8 Å². The molecule has 1 aromatic rings. The lowest BCUT2D eigenvalue weighted by Gasteiger charge is -2.06. The van der Waals surface area contributed by atoms with Gasteiger partial charge in [0.1, 0.15) is 17.9 Å². The minimum atomic E-state index is -0.705. The maximum atomic E-state index is 11.4. The standard InChI is InChI=1S/C11H10O5/c1-8(13)16-10-5-3-2-4-9(10)11(14)15-7-6-12/h2-6H,7H2,1H3. The minimum absolute atomic E-state index is 0.111. The Labute approximate surface area is 92.0 Å². The smallest absolute Gasteiger partial charge is 0.342 e. The molecule has 0 aromatic heterocycles. The SMILES string of the molecule is CC(=O)Oc1ccccc1C(=O)OCC=O. The summed E-state index contributed by atoms with van der Waals surface area (Å²) in [5, 5.41) is 0. The van der Waals surface area contributed by atoms with Crippen LogP contribution < -0.4 is 4.74 Å². The fourth-order valence-electron chi connectivity index (χ4n) is 1.07. The molecular weight excluding hydrogens is 212 g/mol. The highest BCUT2D eigenvalue weighted by atomic mass is 16.5. The van der Waals surface area contributed by atoms with Crippen LogP contribution in [0, 0.1) is 0 Å². The van der Waals surface area contributed by atoms with Gasteiger partial charge in [0.05, 0.1) is 0 Å². The maximum Gasteiger partial charge on any atom is 0.342 e. The van der Waals surface area contributed by atoms with Crippen molar-refractivity contribution in [1.82, 2.24) is 0 Å². The van der Waals surface area contributed by atoms with Crippen molar-refractivity contribution in [2.45, 2.75) is 6.92 Å². The Balaban J connectivity index is 2.89. The zero-order chi connectivity index (χ0) is 12.0. The highest BCUT2D eigenvalue weighted by Crippen LogP contribution is 2.18. The zero-order valence-electron chi connectivity index (χ0n) is 8.64. The summed E-state index contributed by atoms with van der Waals surface area (Å²) in [6.07, 6.45) is 0.465. The topological polar surface area (TPSA) is 69.7 Å². The number of esters is 2. The molecule has 0 bridgehead atoms. The van der Waals surface area contributed by atoms with Crippen LogP contribution in [0.25, 0.3) is 0 Å². The molecule has 16 heavy (non-hydrogen) atoms. The molecule has 0 heterocycles. The third kappa shape index (κ3) is 3.20. The Morgan fingerprint density at radius 2 is 2.00 bits per heavy atom. The van der Waals surface area contributed by atoms with Gasteiger partial charge in [-0.05, 0) is 12.1 Å². The Kier molecular flexibility index (Phi) is 4.20. The monoisotopic (exact) mass is 222 g/mol. The van der Waals surface area contributed by atoms with Gasteiger partial charge in [-0.1, -0.05) is 12.1 Å². The normalized spacial score (nSPS) is 9.31. The molecule has 84 valence electrons. The summed E-state index contributed by atoms with van der Waals surface area (Å²) in [6, 6.07) is 6.14. The number of para-hydroxylation sites is 1. The van der Waals surface area contributed by atoms with E-state index in [2.05, 4.69) is 4.74 Å². The molecule has 5 nitrogen and oxygen atoms in total. The predicted octanol–water partition coefficient (Wildman–Crippen LogP) is 0.968. The Bertz CT molecular complexity index is 411. The molecule has 0 saturated carbocycles. The molecule has 0 fully saturated rings. The van der Waals surface area contributed by atoms with Crippen molar-refractivity contribution in [2.75, 3.05) is 6.61 Å². The van der Waals surface area contributed by atoms with Crippen molar-refractivity contribution >= 4 is 18.2 Å². The molecule has 0 aliphatic rings. The van der Waals surface area contributed by atoms with E-state index in [-0.39, 0.29) is 17.9 Å². The van der Waals surface area contributed by atoms with Crippen LogP contribution in [0.2, 0.25) is 0 Å². The second-order valence-corrected chi connectivity index (χ2v) is 2.85. The number of hydrogen-bond acceptors (Lipinski definition) is 5. The Morgan fingerprint density at radius 3 is 2.62 bits per heavy atom. The second-order valence-electron chi connectivity index (χ2n) is 2.85. The van der Waals surface area contributed by atoms with Crippen LogP contribution in [0.5, 0.6) is 5.75 Å². The van der Waals surface area contributed by atoms with Crippen LogP contribution in [0.4, 0.5) is 0 Å². The summed E-state index contributed by atoms with van der Waals surface area (Å²) in [4.78, 5) is 32.2. The fourth-order valence-corrected chi connectivity index (χ4v) is 1.07. The summed E-state index contributed by atoms with van der Waals surface area (Å²) in [5.41, 5.74) is 0.111. The average molecular weight is 222 g/mol. The van der Waals surface area contributed by atoms with Gasteiger partial charge >= 0.3 is 11.9 Å². The Hall–Kier alpha value is -2.17. The summed E-state index contributed by atoms with van der Waals surface area (Å²) in [7, 11) is 0. The molecule has 1 aromatic carbocycles. The van der Waals surface area contributed by atoms with Crippen molar-refractivity contribution < 1.29 is 23.9 Å². The summed E-state index contributed by atoms with van der Waals surface area (Å²) in [5.74, 6) is -1.12. The molecule has 0 unspecified atom stereocenters. The van der Waals surface area contributed by atoms with Gasteiger partial charge in [0.15, 0.2) is 6.29 Å². The predicted molar refractivity (Wildman–Crippen MR) is 54.1 cm³/mol. The Morgan fingerprint density at radius 1 is 1.31 bits per heavy atom. The first kappa shape index (κ1) is 11.9. The van der Waals surface area contributed by atoms with Crippen LogP contribution in [0.1, 0.15) is 17.3 Å². The van der Waals surface area contributed by atoms with Gasteiger partial charge in [-0.3, -0.25) is 9.59 Å². The molecule has 0 aliphatic carbocycles. The molecular formula is C11H10O5. The van der Waals surface area contributed by atoms with Gasteiger partial charge in [-0.15, -0.1) is 0 Å². The van der Waals surface area contributed by atoms with Gasteiger partial charge < -0.3 is 9.47 Å². The maximum absolute atomic E-state index is 11.4. The number of rotatable bonds is 4. The zero-order valence-corrected chi connectivity index (χ0v) is 8.64. The van der Waals surface area contributed by atoms with Crippen LogP contribution in [0.3, 0.4) is 0 Å². The van der Waals surface area contributed by atoms with Gasteiger partial charge in [0.2, 0.25) is 0 Å². The third-order valence-corrected chi connectivity index (χ3v) is 1.64. The minimum Gasteiger partial charge on any atom is -0.454 e. The molecule has 0 amide bonds. The first-order valence-electron chi connectivity index (χ1n) is 4.53. The van der Waals surface area contributed by atoms with E-state index in [1.165, 1.54) is 19.1 Å². The van der Waals surface area contributed by atoms with Crippen molar-refractivity contribution in [3.8, 4) is 5.75 Å². The molecule has 0 aliphatic heterocycles. The largest absolute Gasteiger partial charge is 0.454 e. The lowest BCUT2D eigenvalue weighted by Crippen LogP contribution is -2.11. The van der Waals surface area contributed by atoms with Crippen molar-refractivity contribution in [3.05, 3.63) is 29.8 Å². The molecule has 0 saturated heterocycles. The first-order chi connectivity index (χ1) is 7.65. The lowest BCUT2D eigenvalue weighted by molar-refractivity contribution is -0.131. The summed E-state index contributed by atoms with van der Waals surface area (Å²) in [6.45, 7) is 0.904. The number of carbonyl (C=O) groups is 3.